The summed E-state index contributed by atoms with van der Waals surface area (Å²) in [5, 5.41) is 11.4. The highest BCUT2D eigenvalue weighted by molar-refractivity contribution is 5.33. The summed E-state index contributed by atoms with van der Waals surface area (Å²) < 4.78 is 19.2. The topological polar surface area (TPSA) is 32.7 Å². The van der Waals surface area contributed by atoms with Crippen LogP contribution in [0.25, 0.3) is 0 Å². The van der Waals surface area contributed by atoms with Crippen LogP contribution < -0.4 is 0 Å². The first-order valence-corrected chi connectivity index (χ1v) is 8.91. The van der Waals surface area contributed by atoms with Gasteiger partial charge in [-0.25, -0.2) is 4.39 Å². The molecule has 0 spiro atoms. The molecule has 0 radical (unpaired) electrons. The van der Waals surface area contributed by atoms with E-state index < -0.39 is 5.60 Å². The molecule has 2 aromatic carbocycles. The van der Waals surface area contributed by atoms with Gasteiger partial charge in [-0.2, -0.15) is 0 Å². The standard InChI is InChI=1S/C21H24FNO2/c1-15-9-17(22)7-8-20(15)21(24)10-18-13-25-14-19(11-21)23(18)12-16-5-3-2-4-6-16/h2-9,18-19,24H,10-14H2,1H3. The molecule has 2 aliphatic heterocycles. The van der Waals surface area contributed by atoms with Crippen LogP contribution in [0, 0.1) is 12.7 Å². The van der Waals surface area contributed by atoms with Crippen molar-refractivity contribution in [3.05, 3.63) is 71.0 Å². The van der Waals surface area contributed by atoms with Gasteiger partial charge in [0.2, 0.25) is 0 Å². The minimum Gasteiger partial charge on any atom is -0.385 e. The third-order valence-corrected chi connectivity index (χ3v) is 5.60. The largest absolute Gasteiger partial charge is 0.385 e. The number of morpholine rings is 1. The third-order valence-electron chi connectivity index (χ3n) is 5.60. The average Bonchev–Trinajstić information content (AvgIpc) is 2.57. The number of hydrogen-bond donors (Lipinski definition) is 1. The molecule has 25 heavy (non-hydrogen) atoms. The molecule has 2 fully saturated rings. The predicted molar refractivity (Wildman–Crippen MR) is 94.6 cm³/mol. The summed E-state index contributed by atoms with van der Waals surface area (Å²) in [7, 11) is 0. The number of aryl methyl sites for hydroxylation is 1. The van der Waals surface area contributed by atoms with E-state index in [0.29, 0.717) is 26.1 Å². The summed E-state index contributed by atoms with van der Waals surface area (Å²) in [5.41, 5.74) is 2.04. The molecule has 0 saturated carbocycles. The molecule has 1 N–H and O–H groups in total. The molecule has 0 amide bonds. The lowest BCUT2D eigenvalue weighted by Crippen LogP contribution is -2.60. The Labute approximate surface area is 148 Å². The van der Waals surface area contributed by atoms with Gasteiger partial charge in [0.05, 0.1) is 18.8 Å². The van der Waals surface area contributed by atoms with Crippen LogP contribution in [0.1, 0.15) is 29.5 Å². The van der Waals surface area contributed by atoms with Crippen molar-refractivity contribution < 1.29 is 14.2 Å². The molecule has 132 valence electrons. The van der Waals surface area contributed by atoms with E-state index in [2.05, 4.69) is 29.2 Å². The maximum Gasteiger partial charge on any atom is 0.123 e. The van der Waals surface area contributed by atoms with Crippen molar-refractivity contribution in [1.82, 2.24) is 4.90 Å². The second-order valence-electron chi connectivity index (χ2n) is 7.40. The normalized spacial score (nSPS) is 29.6. The van der Waals surface area contributed by atoms with Crippen molar-refractivity contribution in [3.8, 4) is 0 Å². The van der Waals surface area contributed by atoms with E-state index in [0.717, 1.165) is 17.7 Å². The van der Waals surface area contributed by atoms with Crippen molar-refractivity contribution in [3.63, 3.8) is 0 Å². The quantitative estimate of drug-likeness (QED) is 0.929. The molecule has 0 aromatic heterocycles. The van der Waals surface area contributed by atoms with E-state index in [1.807, 2.05) is 13.0 Å². The molecule has 4 rings (SSSR count). The summed E-state index contributed by atoms with van der Waals surface area (Å²) >= 11 is 0. The number of halogens is 1. The van der Waals surface area contributed by atoms with Gasteiger partial charge >= 0.3 is 0 Å². The first-order valence-electron chi connectivity index (χ1n) is 8.91. The monoisotopic (exact) mass is 341 g/mol. The van der Waals surface area contributed by atoms with E-state index in [4.69, 9.17) is 4.74 Å². The highest BCUT2D eigenvalue weighted by Gasteiger charge is 2.47. The molecule has 2 aromatic rings. The molecule has 2 atom stereocenters. The van der Waals surface area contributed by atoms with Crippen molar-refractivity contribution in [1.29, 1.82) is 0 Å². The number of aliphatic hydroxyl groups is 1. The van der Waals surface area contributed by atoms with Crippen molar-refractivity contribution in [2.45, 2.75) is 44.0 Å². The van der Waals surface area contributed by atoms with Crippen molar-refractivity contribution >= 4 is 0 Å². The Bertz CT molecular complexity index is 735. The molecule has 0 aliphatic carbocycles. The zero-order valence-electron chi connectivity index (χ0n) is 14.5. The summed E-state index contributed by atoms with van der Waals surface area (Å²) in [4.78, 5) is 2.46. The molecule has 2 bridgehead atoms. The molecular weight excluding hydrogens is 317 g/mol. The fourth-order valence-corrected chi connectivity index (χ4v) is 4.47. The number of piperidine rings is 1. The fraction of sp³-hybridized carbons (Fsp3) is 0.429. The van der Waals surface area contributed by atoms with E-state index in [1.165, 1.54) is 17.7 Å². The van der Waals surface area contributed by atoms with Gasteiger partial charge in [0.25, 0.3) is 0 Å². The van der Waals surface area contributed by atoms with Crippen molar-refractivity contribution in [2.75, 3.05) is 13.2 Å². The van der Waals surface area contributed by atoms with Crippen LogP contribution in [0.3, 0.4) is 0 Å². The molecule has 3 nitrogen and oxygen atoms in total. The number of ether oxygens (including phenoxy) is 1. The van der Waals surface area contributed by atoms with Gasteiger partial charge in [-0.3, -0.25) is 4.90 Å². The lowest BCUT2D eigenvalue weighted by Gasteiger charge is -2.52. The van der Waals surface area contributed by atoms with Crippen LogP contribution >= 0.6 is 0 Å². The second kappa shape index (κ2) is 6.52. The summed E-state index contributed by atoms with van der Waals surface area (Å²) in [5.74, 6) is -0.255. The molecule has 2 unspecified atom stereocenters. The minimum atomic E-state index is -0.913. The highest BCUT2D eigenvalue weighted by Crippen LogP contribution is 2.42. The van der Waals surface area contributed by atoms with Crippen LogP contribution in [0.5, 0.6) is 0 Å². The first kappa shape index (κ1) is 16.7. The van der Waals surface area contributed by atoms with Gasteiger partial charge in [0.1, 0.15) is 5.82 Å². The SMILES string of the molecule is Cc1cc(F)ccc1C1(O)CC2COCC(C1)N2Cc1ccccc1. The van der Waals surface area contributed by atoms with Gasteiger partial charge in [-0.1, -0.05) is 36.4 Å². The predicted octanol–water partition coefficient (Wildman–Crippen LogP) is 3.39. The van der Waals surface area contributed by atoms with Crippen LogP contribution in [0.15, 0.2) is 48.5 Å². The van der Waals surface area contributed by atoms with E-state index in [1.54, 1.807) is 6.07 Å². The number of hydrogen-bond acceptors (Lipinski definition) is 3. The Kier molecular flexibility index (Phi) is 4.36. The lowest BCUT2D eigenvalue weighted by molar-refractivity contribution is -0.149. The Morgan fingerprint density at radius 1 is 1.12 bits per heavy atom. The molecule has 2 heterocycles. The lowest BCUT2D eigenvalue weighted by atomic mass is 9.75. The number of rotatable bonds is 3. The Morgan fingerprint density at radius 2 is 1.80 bits per heavy atom. The fourth-order valence-electron chi connectivity index (χ4n) is 4.47. The molecule has 2 saturated heterocycles. The van der Waals surface area contributed by atoms with Gasteiger partial charge in [0, 0.05) is 18.6 Å². The molecular formula is C21H24FNO2. The van der Waals surface area contributed by atoms with Crippen molar-refractivity contribution in [2.24, 2.45) is 0 Å². The third kappa shape index (κ3) is 3.22. The Hall–Kier alpha value is -1.75. The second-order valence-corrected chi connectivity index (χ2v) is 7.40. The molecule has 4 heteroatoms. The molecule has 2 aliphatic rings. The van der Waals surface area contributed by atoms with Gasteiger partial charge in [-0.05, 0) is 48.6 Å². The van der Waals surface area contributed by atoms with Gasteiger partial charge in [0.15, 0.2) is 0 Å². The highest BCUT2D eigenvalue weighted by atomic mass is 19.1. The van der Waals surface area contributed by atoms with Gasteiger partial charge in [-0.15, -0.1) is 0 Å². The maximum atomic E-state index is 13.5. The Morgan fingerprint density at radius 3 is 2.44 bits per heavy atom. The van der Waals surface area contributed by atoms with Crippen LogP contribution in [0.2, 0.25) is 0 Å². The average molecular weight is 341 g/mol. The van der Waals surface area contributed by atoms with E-state index in [-0.39, 0.29) is 17.9 Å². The number of nitrogens with zero attached hydrogens (tertiary/aromatic N) is 1. The first-order chi connectivity index (χ1) is 12.0. The maximum absolute atomic E-state index is 13.5. The van der Waals surface area contributed by atoms with E-state index >= 15 is 0 Å². The Balaban J connectivity index is 1.60. The van der Waals surface area contributed by atoms with Crippen LogP contribution in [-0.2, 0) is 16.9 Å². The zero-order chi connectivity index (χ0) is 17.4. The minimum absolute atomic E-state index is 0.169. The van der Waals surface area contributed by atoms with Crippen LogP contribution in [-0.4, -0.2) is 35.3 Å². The summed E-state index contributed by atoms with van der Waals surface area (Å²) in [6.45, 7) is 4.01. The summed E-state index contributed by atoms with van der Waals surface area (Å²) in [6, 6.07) is 15.5. The van der Waals surface area contributed by atoms with E-state index in [9.17, 15) is 9.50 Å². The number of fused-ring (bicyclic) bond motifs is 2. The zero-order valence-corrected chi connectivity index (χ0v) is 14.5. The van der Waals surface area contributed by atoms with Crippen LogP contribution in [0.4, 0.5) is 4.39 Å². The van der Waals surface area contributed by atoms with Gasteiger partial charge < -0.3 is 9.84 Å². The number of benzene rings is 2. The smallest absolute Gasteiger partial charge is 0.123 e. The summed E-state index contributed by atoms with van der Waals surface area (Å²) in [6.07, 6.45) is 1.23.